The van der Waals surface area contributed by atoms with Gasteiger partial charge in [-0.1, -0.05) is 49.8 Å². The zero-order valence-electron chi connectivity index (χ0n) is 10.6. The molecule has 1 heterocycles. The second kappa shape index (κ2) is 7.45. The number of ether oxygens (including phenoxy) is 1. The van der Waals surface area contributed by atoms with Crippen molar-refractivity contribution in [3.63, 3.8) is 0 Å². The van der Waals surface area contributed by atoms with Gasteiger partial charge < -0.3 is 4.74 Å². The molecule has 1 saturated heterocycles. The van der Waals surface area contributed by atoms with Crippen LogP contribution in [0.3, 0.4) is 0 Å². The molecule has 1 aliphatic heterocycles. The summed E-state index contributed by atoms with van der Waals surface area (Å²) < 4.78 is 5.87. The van der Waals surface area contributed by atoms with E-state index in [1.165, 1.54) is 24.8 Å². The number of hydrogen-bond donors (Lipinski definition) is 0. The fraction of sp³-hybridized carbons (Fsp3) is 0.600. The van der Waals surface area contributed by atoms with Gasteiger partial charge in [0.25, 0.3) is 0 Å². The monoisotopic (exact) mass is 220 g/mol. The molecule has 1 rings (SSSR count). The Morgan fingerprint density at radius 2 is 2.25 bits per heavy atom. The molecule has 0 radical (unpaired) electrons. The van der Waals surface area contributed by atoms with Crippen LogP contribution in [0.15, 0.2) is 36.5 Å². The van der Waals surface area contributed by atoms with Gasteiger partial charge >= 0.3 is 0 Å². The quantitative estimate of drug-likeness (QED) is 0.643. The first kappa shape index (κ1) is 13.2. The van der Waals surface area contributed by atoms with Gasteiger partial charge in [-0.2, -0.15) is 0 Å². The number of allylic oxidation sites excluding steroid dienone is 4. The van der Waals surface area contributed by atoms with Crippen LogP contribution >= 0.6 is 0 Å². The van der Waals surface area contributed by atoms with Crippen molar-refractivity contribution in [2.45, 2.75) is 45.6 Å². The van der Waals surface area contributed by atoms with E-state index in [0.29, 0.717) is 6.10 Å². The van der Waals surface area contributed by atoms with Gasteiger partial charge in [0.2, 0.25) is 0 Å². The Balaban J connectivity index is 2.31. The van der Waals surface area contributed by atoms with Crippen LogP contribution in [0.2, 0.25) is 0 Å². The lowest BCUT2D eigenvalue weighted by atomic mass is 10.0. The summed E-state index contributed by atoms with van der Waals surface area (Å²) in [4.78, 5) is 0. The Labute approximate surface area is 99.9 Å². The molecular weight excluding hydrogens is 196 g/mol. The van der Waals surface area contributed by atoms with Gasteiger partial charge in [-0.05, 0) is 32.1 Å². The molecule has 90 valence electrons. The summed E-state index contributed by atoms with van der Waals surface area (Å²) in [6.07, 6.45) is 13.5. The van der Waals surface area contributed by atoms with Crippen LogP contribution in [0.5, 0.6) is 0 Å². The van der Waals surface area contributed by atoms with Gasteiger partial charge in [-0.15, -0.1) is 0 Å². The summed E-state index contributed by atoms with van der Waals surface area (Å²) in [5.41, 5.74) is 1.25. The second-order valence-corrected chi connectivity index (χ2v) is 4.78. The van der Waals surface area contributed by atoms with Gasteiger partial charge in [-0.3, -0.25) is 0 Å². The second-order valence-electron chi connectivity index (χ2n) is 4.78. The lowest BCUT2D eigenvalue weighted by Gasteiger charge is -2.13. The molecule has 0 spiro atoms. The fourth-order valence-corrected chi connectivity index (χ4v) is 1.99. The molecule has 0 aliphatic carbocycles. The minimum atomic E-state index is 0.428. The molecule has 0 aromatic heterocycles. The van der Waals surface area contributed by atoms with Gasteiger partial charge in [0, 0.05) is 6.61 Å². The highest BCUT2D eigenvalue weighted by Crippen LogP contribution is 2.20. The molecule has 0 saturated carbocycles. The van der Waals surface area contributed by atoms with E-state index in [9.17, 15) is 0 Å². The Morgan fingerprint density at radius 1 is 1.44 bits per heavy atom. The van der Waals surface area contributed by atoms with E-state index in [1.807, 2.05) is 12.2 Å². The van der Waals surface area contributed by atoms with E-state index in [4.69, 9.17) is 4.74 Å². The summed E-state index contributed by atoms with van der Waals surface area (Å²) in [6, 6.07) is 0. The first-order valence-electron chi connectivity index (χ1n) is 6.30. The van der Waals surface area contributed by atoms with Crippen LogP contribution in [0.4, 0.5) is 0 Å². The van der Waals surface area contributed by atoms with Crippen LogP contribution in [0, 0.1) is 5.92 Å². The highest BCUT2D eigenvalue weighted by Gasteiger charge is 2.14. The van der Waals surface area contributed by atoms with E-state index in [1.54, 1.807) is 0 Å². The van der Waals surface area contributed by atoms with Crippen molar-refractivity contribution in [3.8, 4) is 0 Å². The van der Waals surface area contributed by atoms with Crippen molar-refractivity contribution in [3.05, 3.63) is 36.5 Å². The third-order valence-electron chi connectivity index (χ3n) is 3.00. The smallest absolute Gasteiger partial charge is 0.0609 e. The number of hydrogen-bond acceptors (Lipinski definition) is 1. The van der Waals surface area contributed by atoms with Crippen molar-refractivity contribution < 1.29 is 4.74 Å². The van der Waals surface area contributed by atoms with Crippen LogP contribution in [-0.2, 0) is 4.74 Å². The lowest BCUT2D eigenvalue weighted by Crippen LogP contribution is -2.12. The van der Waals surface area contributed by atoms with Crippen LogP contribution in [-0.4, -0.2) is 12.7 Å². The van der Waals surface area contributed by atoms with Crippen LogP contribution in [0.25, 0.3) is 0 Å². The lowest BCUT2D eigenvalue weighted by molar-refractivity contribution is 0.0457. The maximum absolute atomic E-state index is 5.87. The van der Waals surface area contributed by atoms with Crippen molar-refractivity contribution in [1.29, 1.82) is 0 Å². The summed E-state index contributed by atoms with van der Waals surface area (Å²) in [6.45, 7) is 8.98. The standard InChI is InChI=1S/C15H24O/c1-4-7-13(2)8-5-10-15-11-6-9-14(3)12-16-15/h4-5,7-8,14-15H,1,6,9-12H2,2-3H3/b8-5-,13-7-. The van der Waals surface area contributed by atoms with E-state index in [-0.39, 0.29) is 0 Å². The molecule has 0 N–H and O–H groups in total. The molecule has 1 fully saturated rings. The van der Waals surface area contributed by atoms with E-state index >= 15 is 0 Å². The Morgan fingerprint density at radius 3 is 3.00 bits per heavy atom. The molecule has 1 aliphatic rings. The van der Waals surface area contributed by atoms with Crippen LogP contribution in [0.1, 0.15) is 39.5 Å². The van der Waals surface area contributed by atoms with E-state index < -0.39 is 0 Å². The zero-order valence-corrected chi connectivity index (χ0v) is 10.6. The average molecular weight is 220 g/mol. The normalized spacial score (nSPS) is 28.0. The molecule has 2 unspecified atom stereocenters. The highest BCUT2D eigenvalue weighted by molar-refractivity contribution is 5.20. The van der Waals surface area contributed by atoms with Crippen molar-refractivity contribution in [2.24, 2.45) is 5.92 Å². The molecule has 0 amide bonds. The molecule has 1 heteroatoms. The third kappa shape index (κ3) is 5.32. The first-order chi connectivity index (χ1) is 7.72. The topological polar surface area (TPSA) is 9.23 Å². The average Bonchev–Trinajstić information content (AvgIpc) is 2.44. The predicted molar refractivity (Wildman–Crippen MR) is 70.5 cm³/mol. The van der Waals surface area contributed by atoms with Gasteiger partial charge in [0.15, 0.2) is 0 Å². The SMILES string of the molecule is C=C/C=C(C)\C=C/CC1CCCC(C)CO1. The molecule has 0 aromatic rings. The minimum Gasteiger partial charge on any atom is -0.378 e. The number of rotatable bonds is 4. The Kier molecular flexibility index (Phi) is 6.17. The van der Waals surface area contributed by atoms with Gasteiger partial charge in [0.05, 0.1) is 6.10 Å². The van der Waals surface area contributed by atoms with Gasteiger partial charge in [-0.25, -0.2) is 0 Å². The fourth-order valence-electron chi connectivity index (χ4n) is 1.99. The van der Waals surface area contributed by atoms with Crippen molar-refractivity contribution in [1.82, 2.24) is 0 Å². The molecule has 0 aromatic carbocycles. The third-order valence-corrected chi connectivity index (χ3v) is 3.00. The summed E-state index contributed by atoms with van der Waals surface area (Å²) in [7, 11) is 0. The largest absolute Gasteiger partial charge is 0.378 e. The molecule has 0 bridgehead atoms. The summed E-state index contributed by atoms with van der Waals surface area (Å²) in [5.74, 6) is 0.733. The molecule has 16 heavy (non-hydrogen) atoms. The summed E-state index contributed by atoms with van der Waals surface area (Å²) in [5, 5.41) is 0. The molecule has 2 atom stereocenters. The maximum Gasteiger partial charge on any atom is 0.0609 e. The zero-order chi connectivity index (χ0) is 11.8. The van der Waals surface area contributed by atoms with Crippen molar-refractivity contribution in [2.75, 3.05) is 6.61 Å². The van der Waals surface area contributed by atoms with E-state index in [0.717, 1.165) is 18.9 Å². The van der Waals surface area contributed by atoms with E-state index in [2.05, 4.69) is 32.6 Å². The predicted octanol–water partition coefficient (Wildman–Crippen LogP) is 4.27. The van der Waals surface area contributed by atoms with Crippen LogP contribution < -0.4 is 0 Å². The van der Waals surface area contributed by atoms with Crippen molar-refractivity contribution >= 4 is 0 Å². The molecular formula is C15H24O. The summed E-state index contributed by atoms with van der Waals surface area (Å²) >= 11 is 0. The Hall–Kier alpha value is -0.820. The highest BCUT2D eigenvalue weighted by atomic mass is 16.5. The molecule has 1 nitrogen and oxygen atoms in total. The Bertz CT molecular complexity index is 263. The first-order valence-corrected chi connectivity index (χ1v) is 6.30. The van der Waals surface area contributed by atoms with Gasteiger partial charge in [0.1, 0.15) is 0 Å². The maximum atomic E-state index is 5.87. The minimum absolute atomic E-state index is 0.428.